The van der Waals surface area contributed by atoms with E-state index < -0.39 is 0 Å². The Kier molecular flexibility index (Phi) is 4.36. The lowest BCUT2D eigenvalue weighted by molar-refractivity contribution is 0.669. The molecule has 0 unspecified atom stereocenters. The van der Waals surface area contributed by atoms with Crippen LogP contribution in [0.3, 0.4) is 0 Å². The predicted molar refractivity (Wildman–Crippen MR) is 147 cm³/mol. The molecule has 1 heterocycles. The lowest BCUT2D eigenvalue weighted by Crippen LogP contribution is -1.87. The maximum atomic E-state index is 6.45. The molecule has 6 aromatic carbocycles. The van der Waals surface area contributed by atoms with Crippen LogP contribution in [-0.2, 0) is 0 Å². The molecule has 7 rings (SSSR count). The number of halogens is 1. The first kappa shape index (κ1) is 19.6. The minimum absolute atomic E-state index is 0.909. The van der Waals surface area contributed by atoms with Gasteiger partial charge in [0.25, 0.3) is 0 Å². The first-order valence-electron chi connectivity index (χ1n) is 11.4. The molecular weight excluding hydrogens is 480 g/mol. The predicted octanol–water partition coefficient (Wildman–Crippen LogP) is 9.99. The highest BCUT2D eigenvalue weighted by Gasteiger charge is 2.17. The van der Waals surface area contributed by atoms with E-state index >= 15 is 0 Å². The average Bonchev–Trinajstić information content (AvgIpc) is 3.26. The minimum Gasteiger partial charge on any atom is -0.456 e. The summed E-state index contributed by atoms with van der Waals surface area (Å²) in [6.07, 6.45) is 0. The summed E-state index contributed by atoms with van der Waals surface area (Å²) in [5.74, 6) is 0. The largest absolute Gasteiger partial charge is 0.456 e. The first-order valence-corrected chi connectivity index (χ1v) is 12.2. The molecule has 0 aliphatic rings. The molecule has 34 heavy (non-hydrogen) atoms. The molecule has 1 nitrogen and oxygen atoms in total. The Labute approximate surface area is 205 Å². The fourth-order valence-electron chi connectivity index (χ4n) is 5.12. The maximum absolute atomic E-state index is 6.45. The fourth-order valence-corrected chi connectivity index (χ4v) is 5.79. The topological polar surface area (TPSA) is 13.1 Å². The molecule has 0 N–H and O–H groups in total. The summed E-state index contributed by atoms with van der Waals surface area (Å²) in [6, 6.07) is 40.7. The Hall–Kier alpha value is -3.88. The summed E-state index contributed by atoms with van der Waals surface area (Å²) < 4.78 is 7.57. The smallest absolute Gasteiger partial charge is 0.136 e. The highest BCUT2D eigenvalue weighted by molar-refractivity contribution is 9.10. The first-order chi connectivity index (χ1) is 16.8. The van der Waals surface area contributed by atoms with Crippen molar-refractivity contribution in [1.82, 2.24) is 0 Å². The zero-order valence-corrected chi connectivity index (χ0v) is 19.8. The van der Waals surface area contributed by atoms with Crippen molar-refractivity contribution in [3.8, 4) is 22.3 Å². The van der Waals surface area contributed by atoms with Crippen LogP contribution < -0.4 is 0 Å². The quantitative estimate of drug-likeness (QED) is 0.216. The van der Waals surface area contributed by atoms with Gasteiger partial charge >= 0.3 is 0 Å². The molecule has 160 valence electrons. The molecule has 0 atom stereocenters. The van der Waals surface area contributed by atoms with E-state index in [1.807, 2.05) is 6.07 Å². The van der Waals surface area contributed by atoms with Crippen molar-refractivity contribution in [1.29, 1.82) is 0 Å². The summed E-state index contributed by atoms with van der Waals surface area (Å²) in [6.45, 7) is 0. The van der Waals surface area contributed by atoms with Crippen molar-refractivity contribution in [2.75, 3.05) is 0 Å². The number of hydrogen-bond donors (Lipinski definition) is 0. The highest BCUT2D eigenvalue weighted by Crippen LogP contribution is 2.44. The van der Waals surface area contributed by atoms with Crippen molar-refractivity contribution >= 4 is 59.4 Å². The number of rotatable bonds is 2. The van der Waals surface area contributed by atoms with Crippen LogP contribution in [0.25, 0.3) is 65.7 Å². The molecule has 0 aliphatic carbocycles. The van der Waals surface area contributed by atoms with Gasteiger partial charge < -0.3 is 4.42 Å². The van der Waals surface area contributed by atoms with E-state index in [1.165, 1.54) is 38.2 Å². The Balaban J connectivity index is 1.58. The normalized spacial score (nSPS) is 11.7. The van der Waals surface area contributed by atoms with Crippen LogP contribution in [0.15, 0.2) is 124 Å². The van der Waals surface area contributed by atoms with E-state index in [-0.39, 0.29) is 0 Å². The minimum atomic E-state index is 0.909. The Morgan fingerprint density at radius 1 is 0.412 bits per heavy atom. The maximum Gasteiger partial charge on any atom is 0.136 e. The van der Waals surface area contributed by atoms with Crippen LogP contribution >= 0.6 is 15.9 Å². The van der Waals surface area contributed by atoms with E-state index in [4.69, 9.17) is 4.42 Å². The van der Waals surface area contributed by atoms with Gasteiger partial charge in [0.1, 0.15) is 11.2 Å². The molecule has 0 saturated carbocycles. The van der Waals surface area contributed by atoms with Crippen LogP contribution in [-0.4, -0.2) is 0 Å². The van der Waals surface area contributed by atoms with Gasteiger partial charge in [0.15, 0.2) is 0 Å². The van der Waals surface area contributed by atoms with Gasteiger partial charge in [-0.25, -0.2) is 0 Å². The standard InChI is InChI=1S/C32H19BrO/c33-32-25-14-8-7-13-24(25)31(21-11-5-2-6-12-21)27-19-30-26(18-28(27)32)23-16-15-22(17-29(23)34-30)20-9-3-1-4-10-20/h1-19H. The molecule has 0 fully saturated rings. The summed E-state index contributed by atoms with van der Waals surface area (Å²) in [5, 5.41) is 7.10. The van der Waals surface area contributed by atoms with Crippen molar-refractivity contribution < 1.29 is 4.42 Å². The number of hydrogen-bond acceptors (Lipinski definition) is 1. The molecule has 0 amide bonds. The van der Waals surface area contributed by atoms with Crippen LogP contribution in [0.5, 0.6) is 0 Å². The van der Waals surface area contributed by atoms with Crippen LogP contribution in [0, 0.1) is 0 Å². The van der Waals surface area contributed by atoms with Gasteiger partial charge in [-0.1, -0.05) is 91.0 Å². The molecular formula is C32H19BrO. The summed E-state index contributed by atoms with van der Waals surface area (Å²) in [4.78, 5) is 0. The molecule has 0 radical (unpaired) electrons. The molecule has 0 aliphatic heterocycles. The van der Waals surface area contributed by atoms with Gasteiger partial charge in [-0.3, -0.25) is 0 Å². The van der Waals surface area contributed by atoms with E-state index in [0.29, 0.717) is 0 Å². The Morgan fingerprint density at radius 3 is 1.82 bits per heavy atom. The van der Waals surface area contributed by atoms with E-state index in [2.05, 4.69) is 125 Å². The van der Waals surface area contributed by atoms with E-state index in [1.54, 1.807) is 0 Å². The summed E-state index contributed by atoms with van der Waals surface area (Å²) in [5.41, 5.74) is 6.62. The van der Waals surface area contributed by atoms with E-state index in [9.17, 15) is 0 Å². The third kappa shape index (κ3) is 2.92. The lowest BCUT2D eigenvalue weighted by Gasteiger charge is -2.14. The SMILES string of the molecule is Brc1c2ccccc2c(-c2ccccc2)c2cc3oc4cc(-c5ccccc5)ccc4c3cc12. The van der Waals surface area contributed by atoms with Gasteiger partial charge in [-0.2, -0.15) is 0 Å². The molecule has 1 aromatic heterocycles. The van der Waals surface area contributed by atoms with Gasteiger partial charge in [0.2, 0.25) is 0 Å². The number of benzene rings is 6. The Bertz CT molecular complexity index is 1850. The van der Waals surface area contributed by atoms with Crippen molar-refractivity contribution in [2.24, 2.45) is 0 Å². The highest BCUT2D eigenvalue weighted by atomic mass is 79.9. The van der Waals surface area contributed by atoms with Crippen LogP contribution in [0.1, 0.15) is 0 Å². The third-order valence-electron chi connectivity index (χ3n) is 6.72. The average molecular weight is 499 g/mol. The van der Waals surface area contributed by atoms with Gasteiger partial charge in [0, 0.05) is 15.2 Å². The zero-order chi connectivity index (χ0) is 22.6. The summed E-state index contributed by atoms with van der Waals surface area (Å²) in [7, 11) is 0. The van der Waals surface area contributed by atoms with Gasteiger partial charge in [-0.15, -0.1) is 0 Å². The molecule has 2 heteroatoms. The molecule has 0 saturated heterocycles. The number of fused-ring (bicyclic) bond motifs is 5. The molecule has 7 aromatic rings. The van der Waals surface area contributed by atoms with Gasteiger partial charge in [-0.05, 0) is 84.0 Å². The van der Waals surface area contributed by atoms with Gasteiger partial charge in [0.05, 0.1) is 0 Å². The second kappa shape index (κ2) is 7.58. The second-order valence-corrected chi connectivity index (χ2v) is 9.47. The van der Waals surface area contributed by atoms with Crippen molar-refractivity contribution in [3.05, 3.63) is 120 Å². The zero-order valence-electron chi connectivity index (χ0n) is 18.3. The van der Waals surface area contributed by atoms with Crippen LogP contribution in [0.2, 0.25) is 0 Å². The molecule has 0 bridgehead atoms. The summed E-state index contributed by atoms with van der Waals surface area (Å²) >= 11 is 3.94. The fraction of sp³-hybridized carbons (Fsp3) is 0. The third-order valence-corrected chi connectivity index (χ3v) is 7.57. The van der Waals surface area contributed by atoms with Crippen molar-refractivity contribution in [3.63, 3.8) is 0 Å². The van der Waals surface area contributed by atoms with Crippen molar-refractivity contribution in [2.45, 2.75) is 0 Å². The molecule has 0 spiro atoms. The monoisotopic (exact) mass is 498 g/mol. The van der Waals surface area contributed by atoms with Crippen LogP contribution in [0.4, 0.5) is 0 Å². The second-order valence-electron chi connectivity index (χ2n) is 8.67. The lowest BCUT2D eigenvalue weighted by atomic mass is 9.91. The van der Waals surface area contributed by atoms with E-state index in [0.717, 1.165) is 32.0 Å². The number of furan rings is 1. The Morgan fingerprint density at radius 2 is 1.06 bits per heavy atom.